The third-order valence-corrected chi connectivity index (χ3v) is 5.20. The molecule has 0 aromatic carbocycles. The number of nitrogens with zero attached hydrogens (tertiary/aromatic N) is 1. The largest absolute Gasteiger partial charge is 0.481 e. The number of aliphatic carboxylic acids is 1. The summed E-state index contributed by atoms with van der Waals surface area (Å²) in [6, 6.07) is 0. The normalized spacial score (nSPS) is 29.3. The highest BCUT2D eigenvalue weighted by molar-refractivity contribution is 6.02. The summed E-state index contributed by atoms with van der Waals surface area (Å²) in [6.45, 7) is 0.842. The molecular formula is C15H18F3NO3. The maximum atomic E-state index is 12.8. The number of allylic oxidation sites excluding steroid dienone is 2. The summed E-state index contributed by atoms with van der Waals surface area (Å²) in [7, 11) is 0. The lowest BCUT2D eigenvalue weighted by Gasteiger charge is -2.46. The summed E-state index contributed by atoms with van der Waals surface area (Å²) in [6.07, 6.45) is -1.66. The molecule has 1 saturated heterocycles. The third-order valence-electron chi connectivity index (χ3n) is 5.20. The van der Waals surface area contributed by atoms with Gasteiger partial charge in [-0.25, -0.2) is 0 Å². The Labute approximate surface area is 126 Å². The first kappa shape index (κ1) is 15.4. The van der Waals surface area contributed by atoms with Crippen molar-refractivity contribution in [3.05, 3.63) is 11.3 Å². The van der Waals surface area contributed by atoms with E-state index < -0.39 is 23.8 Å². The molecule has 0 spiro atoms. The summed E-state index contributed by atoms with van der Waals surface area (Å²) in [5.41, 5.74) is 0.498. The Morgan fingerprint density at radius 3 is 2.18 bits per heavy atom. The summed E-state index contributed by atoms with van der Waals surface area (Å²) in [5.74, 6) is -3.18. The summed E-state index contributed by atoms with van der Waals surface area (Å²) in [5, 5.41) is 9.00. The molecule has 22 heavy (non-hydrogen) atoms. The van der Waals surface area contributed by atoms with Gasteiger partial charge >= 0.3 is 12.1 Å². The molecule has 1 saturated carbocycles. The molecule has 2 fully saturated rings. The number of hydrogen-bond acceptors (Lipinski definition) is 3. The Kier molecular flexibility index (Phi) is 3.69. The molecule has 1 heterocycles. The van der Waals surface area contributed by atoms with Crippen molar-refractivity contribution >= 4 is 11.8 Å². The van der Waals surface area contributed by atoms with Gasteiger partial charge in [-0.15, -0.1) is 0 Å². The van der Waals surface area contributed by atoms with Crippen LogP contribution in [0, 0.1) is 17.8 Å². The Balaban J connectivity index is 1.82. The first-order valence-electron chi connectivity index (χ1n) is 7.64. The molecular weight excluding hydrogens is 299 g/mol. The van der Waals surface area contributed by atoms with Crippen molar-refractivity contribution in [2.45, 2.75) is 38.3 Å². The minimum atomic E-state index is -4.83. The summed E-state index contributed by atoms with van der Waals surface area (Å²) in [4.78, 5) is 24.5. The minimum Gasteiger partial charge on any atom is -0.481 e. The molecule has 3 aliphatic rings. The molecule has 7 heteroatoms. The van der Waals surface area contributed by atoms with Gasteiger partial charge in [0.25, 0.3) is 5.78 Å². The second-order valence-electron chi connectivity index (χ2n) is 6.37. The van der Waals surface area contributed by atoms with E-state index in [0.29, 0.717) is 38.0 Å². The van der Waals surface area contributed by atoms with Gasteiger partial charge in [-0.3, -0.25) is 9.59 Å². The van der Waals surface area contributed by atoms with E-state index in [1.165, 1.54) is 0 Å². The Hall–Kier alpha value is -1.53. The van der Waals surface area contributed by atoms with Crippen LogP contribution in [0.4, 0.5) is 13.2 Å². The van der Waals surface area contributed by atoms with E-state index >= 15 is 0 Å². The number of alkyl halides is 3. The number of fused-ring (bicyclic) bond motifs is 1. The molecule has 2 aliphatic carbocycles. The first-order valence-corrected chi connectivity index (χ1v) is 7.64. The number of carboxylic acid groups (broad SMARTS) is 1. The van der Waals surface area contributed by atoms with Gasteiger partial charge in [0.2, 0.25) is 0 Å². The monoisotopic (exact) mass is 317 g/mol. The van der Waals surface area contributed by atoms with Crippen LogP contribution >= 0.6 is 0 Å². The highest BCUT2D eigenvalue weighted by Gasteiger charge is 2.54. The number of ketones is 1. The Bertz CT molecular complexity index is 533. The quantitative estimate of drug-likeness (QED) is 0.869. The molecule has 0 bridgehead atoms. The Morgan fingerprint density at radius 2 is 1.64 bits per heavy atom. The van der Waals surface area contributed by atoms with Gasteiger partial charge in [-0.05, 0) is 31.6 Å². The van der Waals surface area contributed by atoms with Gasteiger partial charge < -0.3 is 10.0 Å². The lowest BCUT2D eigenvalue weighted by Crippen LogP contribution is -2.47. The van der Waals surface area contributed by atoms with E-state index in [0.717, 1.165) is 12.8 Å². The van der Waals surface area contributed by atoms with Crippen molar-refractivity contribution in [3.63, 3.8) is 0 Å². The van der Waals surface area contributed by atoms with E-state index in [-0.39, 0.29) is 17.4 Å². The van der Waals surface area contributed by atoms with Crippen LogP contribution in [0.5, 0.6) is 0 Å². The van der Waals surface area contributed by atoms with E-state index in [2.05, 4.69) is 0 Å². The highest BCUT2D eigenvalue weighted by atomic mass is 19.4. The van der Waals surface area contributed by atoms with Crippen LogP contribution in [-0.4, -0.2) is 41.0 Å². The molecule has 1 aliphatic heterocycles. The molecule has 2 unspecified atom stereocenters. The van der Waals surface area contributed by atoms with Gasteiger partial charge in [-0.1, -0.05) is 6.42 Å². The van der Waals surface area contributed by atoms with Crippen molar-refractivity contribution in [1.82, 2.24) is 4.90 Å². The lowest BCUT2D eigenvalue weighted by molar-refractivity contribution is -0.168. The summed E-state index contributed by atoms with van der Waals surface area (Å²) >= 11 is 0. The maximum Gasteiger partial charge on any atom is 0.454 e. The number of carboxylic acids is 1. The van der Waals surface area contributed by atoms with Gasteiger partial charge in [0.1, 0.15) is 0 Å². The average Bonchev–Trinajstić information content (AvgIpc) is 2.82. The molecule has 122 valence electrons. The zero-order chi connectivity index (χ0) is 16.1. The number of halogens is 3. The second kappa shape index (κ2) is 5.28. The van der Waals surface area contributed by atoms with E-state index in [1.54, 1.807) is 0 Å². The number of Topliss-reactive ketones (excluding diaryl/α,β-unsaturated/α-hetero) is 1. The van der Waals surface area contributed by atoms with Crippen LogP contribution in [0.25, 0.3) is 0 Å². The van der Waals surface area contributed by atoms with Crippen LogP contribution in [0.3, 0.4) is 0 Å². The smallest absolute Gasteiger partial charge is 0.454 e. The molecule has 0 aromatic heterocycles. The molecule has 4 nitrogen and oxygen atoms in total. The van der Waals surface area contributed by atoms with Gasteiger partial charge in [0.15, 0.2) is 0 Å². The number of carbonyl (C=O) groups excluding carboxylic acids is 1. The molecule has 0 amide bonds. The number of likely N-dealkylation sites (tertiary alicyclic amines) is 1. The predicted octanol–water partition coefficient (Wildman–Crippen LogP) is 2.60. The molecule has 1 N–H and O–H groups in total. The van der Waals surface area contributed by atoms with Crippen molar-refractivity contribution < 1.29 is 27.9 Å². The number of carbonyl (C=O) groups is 2. The van der Waals surface area contributed by atoms with Crippen LogP contribution < -0.4 is 0 Å². The third kappa shape index (κ3) is 2.40. The SMILES string of the molecule is O=C(O)C1CCN(C2=C(C(=O)C(F)(F)F)C3CCCC23)CC1. The van der Waals surface area contributed by atoms with Crippen molar-refractivity contribution in [1.29, 1.82) is 0 Å². The van der Waals surface area contributed by atoms with Crippen molar-refractivity contribution in [3.8, 4) is 0 Å². The van der Waals surface area contributed by atoms with E-state index in [4.69, 9.17) is 5.11 Å². The van der Waals surface area contributed by atoms with E-state index in [1.807, 2.05) is 4.90 Å². The van der Waals surface area contributed by atoms with Crippen LogP contribution in [-0.2, 0) is 9.59 Å². The fraction of sp³-hybridized carbons (Fsp3) is 0.733. The molecule has 0 aromatic rings. The zero-order valence-corrected chi connectivity index (χ0v) is 12.0. The topological polar surface area (TPSA) is 57.6 Å². The fourth-order valence-electron chi connectivity index (χ4n) is 4.14. The van der Waals surface area contributed by atoms with Crippen LogP contribution in [0.2, 0.25) is 0 Å². The van der Waals surface area contributed by atoms with Crippen LogP contribution in [0.15, 0.2) is 11.3 Å². The second-order valence-corrected chi connectivity index (χ2v) is 6.37. The van der Waals surface area contributed by atoms with Crippen molar-refractivity contribution in [2.24, 2.45) is 17.8 Å². The number of piperidine rings is 1. The predicted molar refractivity (Wildman–Crippen MR) is 70.9 cm³/mol. The maximum absolute atomic E-state index is 12.8. The van der Waals surface area contributed by atoms with Gasteiger partial charge in [0.05, 0.1) is 5.92 Å². The Morgan fingerprint density at radius 1 is 1.05 bits per heavy atom. The number of hydrogen-bond donors (Lipinski definition) is 1. The number of rotatable bonds is 3. The molecule has 0 radical (unpaired) electrons. The van der Waals surface area contributed by atoms with Gasteiger partial charge in [0, 0.05) is 30.3 Å². The van der Waals surface area contributed by atoms with Crippen LogP contribution in [0.1, 0.15) is 32.1 Å². The van der Waals surface area contributed by atoms with Crippen molar-refractivity contribution in [2.75, 3.05) is 13.1 Å². The fourth-order valence-corrected chi connectivity index (χ4v) is 4.14. The molecule has 3 rings (SSSR count). The zero-order valence-electron chi connectivity index (χ0n) is 12.0. The lowest BCUT2D eigenvalue weighted by atomic mass is 9.70. The first-order chi connectivity index (χ1) is 10.3. The van der Waals surface area contributed by atoms with Gasteiger partial charge in [-0.2, -0.15) is 13.2 Å². The average molecular weight is 317 g/mol. The molecule has 2 atom stereocenters. The highest BCUT2D eigenvalue weighted by Crippen LogP contribution is 2.54. The minimum absolute atomic E-state index is 0.0521. The van der Waals surface area contributed by atoms with E-state index in [9.17, 15) is 22.8 Å². The standard InChI is InChI=1S/C15H18F3NO3/c16-15(17,18)13(20)11-9-2-1-3-10(9)12(11)19-6-4-8(5-7-19)14(21)22/h8-10H,1-7H2,(H,21,22). The summed E-state index contributed by atoms with van der Waals surface area (Å²) < 4.78 is 38.4.